The summed E-state index contributed by atoms with van der Waals surface area (Å²) in [5, 5.41) is 0. The fraction of sp³-hybridized carbons (Fsp3) is 0.961. The van der Waals surface area contributed by atoms with E-state index in [2.05, 4.69) is 20.8 Å². The molecule has 0 aliphatic heterocycles. The van der Waals surface area contributed by atoms with Gasteiger partial charge in [-0.05, 0) is 19.3 Å². The maximum Gasteiger partial charge on any atom is 0.306 e. The SMILES string of the molecule is CCCCCCCCCCCCCCCCCCCCCCCCCCCCCCCCC(=O)OCC(COC(=O)CCCCCCCCCCC)OC(=O)CCCCCCCCCCCCCCCCCCCCCCCCCCC. The largest absolute Gasteiger partial charge is 0.462 e. The van der Waals surface area contributed by atoms with E-state index in [1.54, 1.807) is 0 Å². The smallest absolute Gasteiger partial charge is 0.306 e. The summed E-state index contributed by atoms with van der Waals surface area (Å²) in [5.74, 6) is -0.824. The van der Waals surface area contributed by atoms with Gasteiger partial charge in [-0.25, -0.2) is 0 Å². The molecular weight excluding hydrogens is 1010 g/mol. The van der Waals surface area contributed by atoms with E-state index in [0.717, 1.165) is 57.8 Å². The van der Waals surface area contributed by atoms with Gasteiger partial charge in [-0.3, -0.25) is 14.4 Å². The third-order valence-electron chi connectivity index (χ3n) is 17.9. The van der Waals surface area contributed by atoms with Crippen molar-refractivity contribution in [2.24, 2.45) is 0 Å². The van der Waals surface area contributed by atoms with Crippen LogP contribution in [0.5, 0.6) is 0 Å². The molecule has 0 aromatic rings. The second-order valence-electron chi connectivity index (χ2n) is 26.3. The minimum absolute atomic E-state index is 0.0606. The first-order chi connectivity index (χ1) is 40.5. The average molecular weight is 1160 g/mol. The van der Waals surface area contributed by atoms with Crippen LogP contribution >= 0.6 is 0 Å². The van der Waals surface area contributed by atoms with Crippen LogP contribution in [0.25, 0.3) is 0 Å². The lowest BCUT2D eigenvalue weighted by molar-refractivity contribution is -0.167. The Kier molecular flexibility index (Phi) is 70.5. The Bertz CT molecular complexity index is 1240. The maximum atomic E-state index is 12.9. The van der Waals surface area contributed by atoms with Crippen molar-refractivity contribution in [1.29, 1.82) is 0 Å². The lowest BCUT2D eigenvalue weighted by atomic mass is 10.0. The number of ether oxygens (including phenoxy) is 3. The molecule has 0 aliphatic rings. The summed E-state index contributed by atoms with van der Waals surface area (Å²) in [4.78, 5) is 38.3. The number of carbonyl (C=O) groups is 3. The van der Waals surface area contributed by atoms with E-state index >= 15 is 0 Å². The Morgan fingerprint density at radius 3 is 0.488 bits per heavy atom. The van der Waals surface area contributed by atoms with Crippen LogP contribution in [0.2, 0.25) is 0 Å². The molecule has 488 valence electrons. The minimum atomic E-state index is -0.763. The minimum Gasteiger partial charge on any atom is -0.462 e. The second kappa shape index (κ2) is 71.9. The van der Waals surface area contributed by atoms with Crippen molar-refractivity contribution in [2.45, 2.75) is 457 Å². The van der Waals surface area contributed by atoms with Gasteiger partial charge in [-0.2, -0.15) is 0 Å². The first kappa shape index (κ1) is 80.4. The predicted octanol–water partition coefficient (Wildman–Crippen LogP) is 26.2. The predicted molar refractivity (Wildman–Crippen MR) is 358 cm³/mol. The fourth-order valence-corrected chi connectivity index (χ4v) is 12.2. The van der Waals surface area contributed by atoms with Crippen LogP contribution < -0.4 is 0 Å². The van der Waals surface area contributed by atoms with Crippen LogP contribution in [-0.4, -0.2) is 37.2 Å². The molecule has 6 heteroatoms. The summed E-state index contributed by atoms with van der Waals surface area (Å²) in [7, 11) is 0. The molecule has 1 unspecified atom stereocenters. The Morgan fingerprint density at radius 2 is 0.329 bits per heavy atom. The molecule has 0 radical (unpaired) electrons. The summed E-state index contributed by atoms with van der Waals surface area (Å²) in [5.41, 5.74) is 0. The van der Waals surface area contributed by atoms with Crippen LogP contribution in [0.15, 0.2) is 0 Å². The molecular formula is C76H148O6. The van der Waals surface area contributed by atoms with Gasteiger partial charge in [-0.1, -0.05) is 412 Å². The quantitative estimate of drug-likeness (QED) is 0.0343. The zero-order valence-electron chi connectivity index (χ0n) is 56.3. The van der Waals surface area contributed by atoms with Crippen molar-refractivity contribution >= 4 is 17.9 Å². The van der Waals surface area contributed by atoms with Crippen molar-refractivity contribution < 1.29 is 28.6 Å². The van der Waals surface area contributed by atoms with E-state index in [4.69, 9.17) is 14.2 Å². The third-order valence-corrected chi connectivity index (χ3v) is 17.9. The molecule has 0 spiro atoms. The van der Waals surface area contributed by atoms with Crippen LogP contribution in [0.3, 0.4) is 0 Å². The van der Waals surface area contributed by atoms with E-state index < -0.39 is 6.10 Å². The molecule has 0 aromatic carbocycles. The summed E-state index contributed by atoms with van der Waals surface area (Å²) in [6.45, 7) is 6.73. The zero-order valence-corrected chi connectivity index (χ0v) is 56.3. The van der Waals surface area contributed by atoms with Crippen LogP contribution in [0.1, 0.15) is 451 Å². The molecule has 0 amide bonds. The molecule has 6 nitrogen and oxygen atoms in total. The maximum absolute atomic E-state index is 12.9. The molecule has 0 bridgehead atoms. The van der Waals surface area contributed by atoms with Crippen LogP contribution in [0, 0.1) is 0 Å². The highest BCUT2D eigenvalue weighted by Crippen LogP contribution is 2.20. The van der Waals surface area contributed by atoms with Gasteiger partial charge in [0.2, 0.25) is 0 Å². The van der Waals surface area contributed by atoms with Crippen molar-refractivity contribution in [3.05, 3.63) is 0 Å². The van der Waals surface area contributed by atoms with E-state index in [9.17, 15) is 14.4 Å². The number of hydrogen-bond donors (Lipinski definition) is 0. The second-order valence-corrected chi connectivity index (χ2v) is 26.3. The molecule has 0 saturated carbocycles. The van der Waals surface area contributed by atoms with Crippen LogP contribution in [0.4, 0.5) is 0 Å². The van der Waals surface area contributed by atoms with E-state index in [1.165, 1.54) is 353 Å². The first-order valence-electron chi connectivity index (χ1n) is 38.0. The normalized spacial score (nSPS) is 11.9. The van der Waals surface area contributed by atoms with E-state index in [1.807, 2.05) is 0 Å². The summed E-state index contributed by atoms with van der Waals surface area (Å²) >= 11 is 0. The number of rotatable bonds is 72. The van der Waals surface area contributed by atoms with Gasteiger partial charge < -0.3 is 14.2 Å². The number of esters is 3. The van der Waals surface area contributed by atoms with Gasteiger partial charge in [0.15, 0.2) is 6.10 Å². The standard InChI is InChI=1S/C76H148O6/c1-4-7-10-13-16-19-21-23-25-27-29-31-33-35-36-37-38-39-41-42-44-46-48-50-52-54-57-60-63-66-69-75(78)81-72-73(71-80-74(77)68-65-62-59-56-18-15-12-9-6-3)82-76(79)70-67-64-61-58-55-53-51-49-47-45-43-40-34-32-30-28-26-24-22-20-17-14-11-8-5-2/h73H,4-72H2,1-3H3. The van der Waals surface area contributed by atoms with Gasteiger partial charge in [0, 0.05) is 19.3 Å². The van der Waals surface area contributed by atoms with Crippen molar-refractivity contribution in [2.75, 3.05) is 13.2 Å². The lowest BCUT2D eigenvalue weighted by Gasteiger charge is -2.18. The Balaban J connectivity index is 4.02. The molecule has 0 saturated heterocycles. The van der Waals surface area contributed by atoms with Crippen molar-refractivity contribution in [3.8, 4) is 0 Å². The van der Waals surface area contributed by atoms with Gasteiger partial charge in [0.05, 0.1) is 0 Å². The average Bonchev–Trinajstić information content (AvgIpc) is 3.48. The first-order valence-corrected chi connectivity index (χ1v) is 38.0. The van der Waals surface area contributed by atoms with Crippen molar-refractivity contribution in [3.63, 3.8) is 0 Å². The Morgan fingerprint density at radius 1 is 0.195 bits per heavy atom. The monoisotopic (exact) mass is 1160 g/mol. The summed E-state index contributed by atoms with van der Waals surface area (Å²) in [6, 6.07) is 0. The van der Waals surface area contributed by atoms with Crippen molar-refractivity contribution in [1.82, 2.24) is 0 Å². The summed E-state index contributed by atoms with van der Waals surface area (Å²) < 4.78 is 17.0. The van der Waals surface area contributed by atoms with Gasteiger partial charge in [0.1, 0.15) is 13.2 Å². The van der Waals surface area contributed by atoms with Gasteiger partial charge in [0.25, 0.3) is 0 Å². The molecule has 1 atom stereocenters. The summed E-state index contributed by atoms with van der Waals surface area (Å²) in [6.07, 6.45) is 86.1. The highest BCUT2D eigenvalue weighted by Gasteiger charge is 2.20. The highest BCUT2D eigenvalue weighted by atomic mass is 16.6. The third kappa shape index (κ3) is 69.2. The van der Waals surface area contributed by atoms with Gasteiger partial charge in [-0.15, -0.1) is 0 Å². The Labute approximate surface area is 514 Å². The Hall–Kier alpha value is -1.59. The molecule has 0 N–H and O–H groups in total. The van der Waals surface area contributed by atoms with Gasteiger partial charge >= 0.3 is 17.9 Å². The molecule has 0 heterocycles. The van der Waals surface area contributed by atoms with E-state index in [0.29, 0.717) is 19.3 Å². The van der Waals surface area contributed by atoms with Crippen LogP contribution in [-0.2, 0) is 28.6 Å². The molecule has 82 heavy (non-hydrogen) atoms. The van der Waals surface area contributed by atoms with E-state index in [-0.39, 0.29) is 31.1 Å². The topological polar surface area (TPSA) is 78.9 Å². The lowest BCUT2D eigenvalue weighted by Crippen LogP contribution is -2.30. The molecule has 0 rings (SSSR count). The molecule has 0 aromatic heterocycles. The fourth-order valence-electron chi connectivity index (χ4n) is 12.2. The molecule has 0 aliphatic carbocycles. The number of carbonyl (C=O) groups excluding carboxylic acids is 3. The molecule has 0 fully saturated rings. The number of unbranched alkanes of at least 4 members (excludes halogenated alkanes) is 61. The zero-order chi connectivity index (χ0) is 59.2. The number of hydrogen-bond acceptors (Lipinski definition) is 6. The highest BCUT2D eigenvalue weighted by molar-refractivity contribution is 5.71.